The van der Waals surface area contributed by atoms with Crippen molar-refractivity contribution in [3.05, 3.63) is 48.2 Å². The monoisotopic (exact) mass is 342 g/mol. The average molecular weight is 342 g/mol. The van der Waals surface area contributed by atoms with E-state index in [1.807, 2.05) is 6.92 Å². The number of halogens is 1. The summed E-state index contributed by atoms with van der Waals surface area (Å²) in [6, 6.07) is 6.30. The van der Waals surface area contributed by atoms with Gasteiger partial charge in [0.1, 0.15) is 18.0 Å². The molecule has 0 aliphatic carbocycles. The van der Waals surface area contributed by atoms with Crippen molar-refractivity contribution in [2.45, 2.75) is 26.4 Å². The van der Waals surface area contributed by atoms with Gasteiger partial charge in [0.05, 0.1) is 18.1 Å². The van der Waals surface area contributed by atoms with Crippen molar-refractivity contribution in [2.24, 2.45) is 0 Å². The molecular weight excluding hydrogens is 323 g/mol. The van der Waals surface area contributed by atoms with Gasteiger partial charge >= 0.3 is 0 Å². The van der Waals surface area contributed by atoms with E-state index in [2.05, 4.69) is 25.7 Å². The molecule has 0 bridgehead atoms. The van der Waals surface area contributed by atoms with Gasteiger partial charge in [0, 0.05) is 19.5 Å². The minimum absolute atomic E-state index is 0.00717. The maximum absolute atomic E-state index is 13.0. The number of rotatable bonds is 7. The molecular formula is C17H19FN6O. The van der Waals surface area contributed by atoms with Crippen LogP contribution in [-0.4, -0.2) is 32.2 Å². The van der Waals surface area contributed by atoms with Crippen molar-refractivity contribution in [1.82, 2.24) is 25.1 Å². The van der Waals surface area contributed by atoms with Crippen LogP contribution in [0.2, 0.25) is 0 Å². The molecule has 25 heavy (non-hydrogen) atoms. The Kier molecular flexibility index (Phi) is 5.17. The summed E-state index contributed by atoms with van der Waals surface area (Å²) in [6.07, 6.45) is 3.63. The molecule has 0 atom stereocenters. The molecule has 130 valence electrons. The molecule has 0 fully saturated rings. The topological polar surface area (TPSA) is 84.7 Å². The largest absolute Gasteiger partial charge is 0.365 e. The molecule has 8 heteroatoms. The number of anilines is 1. The van der Waals surface area contributed by atoms with Crippen LogP contribution in [0.3, 0.4) is 0 Å². The molecule has 2 aromatic heterocycles. The lowest BCUT2D eigenvalue weighted by Gasteiger charge is -2.07. The summed E-state index contributed by atoms with van der Waals surface area (Å²) >= 11 is 0. The first-order chi connectivity index (χ1) is 12.2. The van der Waals surface area contributed by atoms with Crippen molar-refractivity contribution in [1.29, 1.82) is 0 Å². The Hall–Kier alpha value is -3.03. The van der Waals surface area contributed by atoms with Gasteiger partial charge in [-0.05, 0) is 17.7 Å². The Morgan fingerprint density at radius 1 is 1.24 bits per heavy atom. The molecule has 2 heterocycles. The minimum Gasteiger partial charge on any atom is -0.365 e. The van der Waals surface area contributed by atoms with E-state index in [-0.39, 0.29) is 11.7 Å². The molecule has 0 spiro atoms. The molecule has 2 N–H and O–H groups in total. The van der Waals surface area contributed by atoms with Gasteiger partial charge in [0.15, 0.2) is 5.65 Å². The number of nitrogens with zero attached hydrogens (tertiary/aromatic N) is 4. The van der Waals surface area contributed by atoms with Crippen molar-refractivity contribution in [3.8, 4) is 0 Å². The Labute approximate surface area is 144 Å². The van der Waals surface area contributed by atoms with Gasteiger partial charge in [-0.25, -0.2) is 19.0 Å². The Morgan fingerprint density at radius 2 is 2.04 bits per heavy atom. The SMILES string of the molecule is CCC(=O)NCCn1ncc2c(NCc3ccc(F)cc3)ncnc21. The molecule has 3 rings (SSSR count). The van der Waals surface area contributed by atoms with E-state index in [1.165, 1.54) is 18.5 Å². The highest BCUT2D eigenvalue weighted by Gasteiger charge is 2.09. The zero-order valence-electron chi connectivity index (χ0n) is 13.9. The molecule has 0 radical (unpaired) electrons. The second-order valence-corrected chi connectivity index (χ2v) is 5.51. The van der Waals surface area contributed by atoms with Crippen LogP contribution in [0, 0.1) is 5.82 Å². The summed E-state index contributed by atoms with van der Waals surface area (Å²) in [6.45, 7) is 3.35. The standard InChI is InChI=1S/C17H19FN6O/c1-2-15(25)19-7-8-24-17-14(10-23-24)16(21-11-22-17)20-9-12-3-5-13(18)6-4-12/h3-6,10-11H,2,7-9H2,1H3,(H,19,25)(H,20,21,22). The highest BCUT2D eigenvalue weighted by atomic mass is 19.1. The quantitative estimate of drug-likeness (QED) is 0.687. The number of hydrogen-bond acceptors (Lipinski definition) is 5. The van der Waals surface area contributed by atoms with Crippen LogP contribution >= 0.6 is 0 Å². The first-order valence-electron chi connectivity index (χ1n) is 8.09. The molecule has 1 amide bonds. The van der Waals surface area contributed by atoms with Crippen molar-refractivity contribution in [2.75, 3.05) is 11.9 Å². The van der Waals surface area contributed by atoms with Crippen molar-refractivity contribution < 1.29 is 9.18 Å². The lowest BCUT2D eigenvalue weighted by atomic mass is 10.2. The van der Waals surface area contributed by atoms with E-state index in [0.29, 0.717) is 37.5 Å². The summed E-state index contributed by atoms with van der Waals surface area (Å²) < 4.78 is 14.7. The van der Waals surface area contributed by atoms with Gasteiger partial charge < -0.3 is 10.6 Å². The Morgan fingerprint density at radius 3 is 2.80 bits per heavy atom. The number of carbonyl (C=O) groups excluding carboxylic acids is 1. The molecule has 1 aromatic carbocycles. The second-order valence-electron chi connectivity index (χ2n) is 5.51. The number of fused-ring (bicyclic) bond motifs is 1. The predicted molar refractivity (Wildman–Crippen MR) is 92.4 cm³/mol. The summed E-state index contributed by atoms with van der Waals surface area (Å²) in [7, 11) is 0. The van der Waals surface area contributed by atoms with Gasteiger partial charge in [-0.1, -0.05) is 19.1 Å². The second kappa shape index (κ2) is 7.69. The molecule has 0 saturated heterocycles. The fraction of sp³-hybridized carbons (Fsp3) is 0.294. The lowest BCUT2D eigenvalue weighted by Crippen LogP contribution is -2.26. The third kappa shape index (κ3) is 4.09. The summed E-state index contributed by atoms with van der Waals surface area (Å²) in [5.41, 5.74) is 1.64. The molecule has 7 nitrogen and oxygen atoms in total. The Balaban J connectivity index is 1.69. The van der Waals surface area contributed by atoms with Crippen LogP contribution in [0.25, 0.3) is 11.0 Å². The smallest absolute Gasteiger partial charge is 0.219 e. The van der Waals surface area contributed by atoms with Gasteiger partial charge in [0.2, 0.25) is 5.91 Å². The summed E-state index contributed by atoms with van der Waals surface area (Å²) in [5, 5.41) is 11.2. The number of amides is 1. The highest BCUT2D eigenvalue weighted by molar-refractivity contribution is 5.86. The van der Waals surface area contributed by atoms with E-state index in [4.69, 9.17) is 0 Å². The minimum atomic E-state index is -0.260. The number of aromatic nitrogens is 4. The number of carbonyl (C=O) groups is 1. The maximum Gasteiger partial charge on any atom is 0.219 e. The maximum atomic E-state index is 13.0. The van der Waals surface area contributed by atoms with E-state index in [0.717, 1.165) is 10.9 Å². The number of hydrogen-bond donors (Lipinski definition) is 2. The first-order valence-corrected chi connectivity index (χ1v) is 8.09. The summed E-state index contributed by atoms with van der Waals surface area (Å²) in [5.74, 6) is 0.413. The van der Waals surface area contributed by atoms with E-state index < -0.39 is 0 Å². The predicted octanol–water partition coefficient (Wildman–Crippen LogP) is 2.10. The van der Waals surface area contributed by atoms with Gasteiger partial charge in [-0.2, -0.15) is 5.10 Å². The van der Waals surface area contributed by atoms with Crippen molar-refractivity contribution in [3.63, 3.8) is 0 Å². The summed E-state index contributed by atoms with van der Waals surface area (Å²) in [4.78, 5) is 19.8. The third-order valence-corrected chi connectivity index (χ3v) is 3.77. The fourth-order valence-electron chi connectivity index (χ4n) is 2.41. The third-order valence-electron chi connectivity index (χ3n) is 3.77. The van der Waals surface area contributed by atoms with Crippen LogP contribution in [-0.2, 0) is 17.9 Å². The molecule has 3 aromatic rings. The van der Waals surface area contributed by atoms with Crippen LogP contribution in [0.15, 0.2) is 36.8 Å². The van der Waals surface area contributed by atoms with Crippen molar-refractivity contribution >= 4 is 22.8 Å². The van der Waals surface area contributed by atoms with Crippen LogP contribution < -0.4 is 10.6 Å². The number of nitrogens with one attached hydrogen (secondary N) is 2. The average Bonchev–Trinajstić information content (AvgIpc) is 3.05. The van der Waals surface area contributed by atoms with E-state index in [1.54, 1.807) is 23.0 Å². The van der Waals surface area contributed by atoms with Gasteiger partial charge in [-0.15, -0.1) is 0 Å². The highest BCUT2D eigenvalue weighted by Crippen LogP contribution is 2.19. The van der Waals surface area contributed by atoms with Gasteiger partial charge in [-0.3, -0.25) is 4.79 Å². The van der Waals surface area contributed by atoms with Crippen LogP contribution in [0.1, 0.15) is 18.9 Å². The first kappa shape index (κ1) is 16.8. The van der Waals surface area contributed by atoms with E-state index >= 15 is 0 Å². The zero-order valence-corrected chi connectivity index (χ0v) is 13.9. The molecule has 0 aliphatic heterocycles. The van der Waals surface area contributed by atoms with Crippen LogP contribution in [0.4, 0.5) is 10.2 Å². The zero-order chi connectivity index (χ0) is 17.6. The Bertz CT molecular complexity index is 861. The van der Waals surface area contributed by atoms with Crippen LogP contribution in [0.5, 0.6) is 0 Å². The fourth-order valence-corrected chi connectivity index (χ4v) is 2.41. The molecule has 0 unspecified atom stereocenters. The molecule has 0 aliphatic rings. The van der Waals surface area contributed by atoms with E-state index in [9.17, 15) is 9.18 Å². The normalized spacial score (nSPS) is 10.8. The van der Waals surface area contributed by atoms with Gasteiger partial charge in [0.25, 0.3) is 0 Å². The molecule has 0 saturated carbocycles. The number of benzene rings is 1. The lowest BCUT2D eigenvalue weighted by molar-refractivity contribution is -0.120.